The zero-order valence-electron chi connectivity index (χ0n) is 20.3. The molecule has 174 valence electrons. The van der Waals surface area contributed by atoms with Gasteiger partial charge >= 0.3 is 0 Å². The van der Waals surface area contributed by atoms with Crippen LogP contribution in [0, 0.1) is 29.1 Å². The highest BCUT2D eigenvalue weighted by Gasteiger charge is 2.53. The van der Waals surface area contributed by atoms with Crippen molar-refractivity contribution in [2.75, 3.05) is 7.11 Å². The minimum Gasteiger partial charge on any atom is -0.507 e. The van der Waals surface area contributed by atoms with Crippen LogP contribution in [0.1, 0.15) is 101 Å². The number of benzene rings is 1. The lowest BCUT2D eigenvalue weighted by molar-refractivity contribution is 0.0924. The highest BCUT2D eigenvalue weighted by atomic mass is 16.6. The van der Waals surface area contributed by atoms with E-state index in [1.54, 1.807) is 7.11 Å². The van der Waals surface area contributed by atoms with Crippen molar-refractivity contribution in [2.45, 2.75) is 90.4 Å². The molecule has 4 aliphatic rings. The predicted molar refractivity (Wildman–Crippen MR) is 132 cm³/mol. The van der Waals surface area contributed by atoms with Crippen LogP contribution in [0.3, 0.4) is 0 Å². The van der Waals surface area contributed by atoms with Gasteiger partial charge in [-0.1, -0.05) is 44.8 Å². The van der Waals surface area contributed by atoms with E-state index in [-0.39, 0.29) is 5.41 Å². The zero-order chi connectivity index (χ0) is 22.5. The fourth-order valence-electron chi connectivity index (χ4n) is 8.14. The van der Waals surface area contributed by atoms with Crippen LogP contribution in [0.5, 0.6) is 5.75 Å². The molecule has 1 aromatic carbocycles. The number of hydrogen-bond acceptors (Lipinski definition) is 3. The van der Waals surface area contributed by atoms with Gasteiger partial charge in [0.05, 0.1) is 5.71 Å². The van der Waals surface area contributed by atoms with Crippen molar-refractivity contribution in [3.63, 3.8) is 0 Å². The number of aromatic hydroxyl groups is 1. The van der Waals surface area contributed by atoms with Crippen LogP contribution in [-0.2, 0) is 11.3 Å². The topological polar surface area (TPSA) is 41.8 Å². The van der Waals surface area contributed by atoms with E-state index in [0.717, 1.165) is 48.2 Å². The van der Waals surface area contributed by atoms with Crippen molar-refractivity contribution in [1.29, 1.82) is 0 Å². The minimum atomic E-state index is 0.204. The normalized spacial score (nSPS) is 37.5. The zero-order valence-corrected chi connectivity index (χ0v) is 20.3. The Hall–Kier alpha value is -1.77. The van der Waals surface area contributed by atoms with Gasteiger partial charge in [-0.3, -0.25) is 0 Å². The first kappa shape index (κ1) is 22.0. The summed E-state index contributed by atoms with van der Waals surface area (Å²) < 4.78 is 0. The number of allylic oxidation sites excluding steroid dienone is 1. The molecule has 0 heterocycles. The number of fused-ring (bicyclic) bond motifs is 5. The molecule has 0 aliphatic heterocycles. The van der Waals surface area contributed by atoms with E-state index >= 15 is 0 Å². The van der Waals surface area contributed by atoms with Gasteiger partial charge in [-0.25, -0.2) is 0 Å². The van der Waals surface area contributed by atoms with Crippen molar-refractivity contribution in [1.82, 2.24) is 0 Å². The van der Waals surface area contributed by atoms with Crippen molar-refractivity contribution >= 4 is 11.3 Å². The molecular formula is C29H41NO2. The smallest absolute Gasteiger partial charge is 0.123 e. The summed E-state index contributed by atoms with van der Waals surface area (Å²) >= 11 is 0. The second-order valence-corrected chi connectivity index (χ2v) is 11.6. The van der Waals surface area contributed by atoms with Gasteiger partial charge in [0.1, 0.15) is 12.9 Å². The van der Waals surface area contributed by atoms with Crippen molar-refractivity contribution < 1.29 is 9.94 Å². The standard InChI is InChI=1S/C29H41NO2/c1-18-6-5-7-20(14-18)15-19(2)24-17-25-21(16-27(24)31)8-9-23-22(25)12-13-29(3)26(23)10-11-28(29)30-32-4/h16-18,20,22-23,26,31H,2,5-15H2,1,3-4H3/b30-28+/t18?,20?,22?,23?,26?,29-/m0/s1. The quantitative estimate of drug-likeness (QED) is 0.498. The van der Waals surface area contributed by atoms with Crippen LogP contribution in [0.2, 0.25) is 0 Å². The maximum Gasteiger partial charge on any atom is 0.123 e. The van der Waals surface area contributed by atoms with Crippen LogP contribution in [-0.4, -0.2) is 17.9 Å². The predicted octanol–water partition coefficient (Wildman–Crippen LogP) is 7.48. The molecule has 3 fully saturated rings. The summed E-state index contributed by atoms with van der Waals surface area (Å²) in [6.45, 7) is 9.28. The third kappa shape index (κ3) is 3.70. The first-order valence-corrected chi connectivity index (χ1v) is 13.0. The monoisotopic (exact) mass is 435 g/mol. The minimum absolute atomic E-state index is 0.204. The molecule has 5 rings (SSSR count). The Morgan fingerprint density at radius 3 is 2.81 bits per heavy atom. The van der Waals surface area contributed by atoms with Gasteiger partial charge in [0, 0.05) is 11.0 Å². The summed E-state index contributed by atoms with van der Waals surface area (Å²) in [5, 5.41) is 15.4. The second kappa shape index (κ2) is 8.54. The lowest BCUT2D eigenvalue weighted by Gasteiger charge is -2.49. The van der Waals surface area contributed by atoms with Gasteiger partial charge in [0.2, 0.25) is 0 Å². The summed E-state index contributed by atoms with van der Waals surface area (Å²) in [6, 6.07) is 4.42. The van der Waals surface area contributed by atoms with E-state index in [9.17, 15) is 5.11 Å². The van der Waals surface area contributed by atoms with E-state index < -0.39 is 0 Å². The second-order valence-electron chi connectivity index (χ2n) is 11.6. The molecule has 3 heteroatoms. The lowest BCUT2D eigenvalue weighted by atomic mass is 9.55. The van der Waals surface area contributed by atoms with Crippen LogP contribution in [0.4, 0.5) is 0 Å². The number of oxime groups is 1. The molecule has 0 saturated heterocycles. The Kier molecular flexibility index (Phi) is 5.88. The lowest BCUT2D eigenvalue weighted by Crippen LogP contribution is -2.42. The maximum atomic E-state index is 10.9. The molecule has 0 amide bonds. The summed E-state index contributed by atoms with van der Waals surface area (Å²) in [4.78, 5) is 5.21. The number of hydrogen-bond donors (Lipinski definition) is 1. The summed E-state index contributed by atoms with van der Waals surface area (Å²) in [5.74, 6) is 4.03. The molecular weight excluding hydrogens is 394 g/mol. The van der Waals surface area contributed by atoms with Gasteiger partial charge in [0.25, 0.3) is 0 Å². The third-order valence-electron chi connectivity index (χ3n) is 9.74. The molecule has 3 saturated carbocycles. The highest BCUT2D eigenvalue weighted by molar-refractivity contribution is 5.92. The summed E-state index contributed by atoms with van der Waals surface area (Å²) in [5.41, 5.74) is 6.53. The van der Waals surface area contributed by atoms with Gasteiger partial charge in [0.15, 0.2) is 0 Å². The van der Waals surface area contributed by atoms with E-state index in [4.69, 9.17) is 4.84 Å². The molecule has 0 aromatic heterocycles. The molecule has 0 bridgehead atoms. The van der Waals surface area contributed by atoms with Gasteiger partial charge in [-0.2, -0.15) is 0 Å². The first-order valence-electron chi connectivity index (χ1n) is 13.0. The summed E-state index contributed by atoms with van der Waals surface area (Å²) in [6.07, 6.45) is 13.4. The van der Waals surface area contributed by atoms with E-state index in [1.807, 2.05) is 0 Å². The van der Waals surface area contributed by atoms with Gasteiger partial charge in [-0.15, -0.1) is 0 Å². The molecule has 1 aromatic rings. The summed E-state index contributed by atoms with van der Waals surface area (Å²) in [7, 11) is 1.68. The molecule has 3 nitrogen and oxygen atoms in total. The van der Waals surface area contributed by atoms with Crippen molar-refractivity contribution in [3.05, 3.63) is 35.4 Å². The van der Waals surface area contributed by atoms with Crippen LogP contribution in [0.15, 0.2) is 23.9 Å². The average molecular weight is 436 g/mol. The Bertz CT molecular complexity index is 918. The van der Waals surface area contributed by atoms with Gasteiger partial charge < -0.3 is 9.94 Å². The van der Waals surface area contributed by atoms with E-state index in [0.29, 0.717) is 17.6 Å². The molecule has 5 unspecified atom stereocenters. The Balaban J connectivity index is 1.40. The molecule has 1 N–H and O–H groups in total. The molecule has 6 atom stereocenters. The van der Waals surface area contributed by atoms with Crippen molar-refractivity contribution in [3.8, 4) is 5.75 Å². The first-order chi connectivity index (χ1) is 15.4. The average Bonchev–Trinajstić information content (AvgIpc) is 3.09. The number of aryl methyl sites for hydroxylation is 1. The fourth-order valence-corrected chi connectivity index (χ4v) is 8.14. The van der Waals surface area contributed by atoms with Gasteiger partial charge in [-0.05, 0) is 110 Å². The van der Waals surface area contributed by atoms with Crippen LogP contribution < -0.4 is 0 Å². The Labute approximate surface area is 194 Å². The fraction of sp³-hybridized carbons (Fsp3) is 0.690. The molecule has 0 radical (unpaired) electrons. The van der Waals surface area contributed by atoms with E-state index in [2.05, 4.69) is 37.7 Å². The van der Waals surface area contributed by atoms with Crippen LogP contribution in [0.25, 0.3) is 5.57 Å². The third-order valence-corrected chi connectivity index (χ3v) is 9.74. The maximum absolute atomic E-state index is 10.9. The number of phenolic OH excluding ortho intramolecular Hbond substituents is 1. The highest BCUT2D eigenvalue weighted by Crippen LogP contribution is 2.60. The van der Waals surface area contributed by atoms with Crippen LogP contribution >= 0.6 is 0 Å². The number of nitrogens with zero attached hydrogens (tertiary/aromatic N) is 1. The largest absolute Gasteiger partial charge is 0.507 e. The molecule has 0 spiro atoms. The van der Waals surface area contributed by atoms with Crippen molar-refractivity contribution in [2.24, 2.45) is 34.2 Å². The Morgan fingerprint density at radius 2 is 2.03 bits per heavy atom. The number of rotatable bonds is 4. The molecule has 4 aliphatic carbocycles. The Morgan fingerprint density at radius 1 is 1.19 bits per heavy atom. The van der Waals surface area contributed by atoms with E-state index in [1.165, 1.54) is 68.2 Å². The number of phenols is 1. The molecule has 32 heavy (non-hydrogen) atoms. The SMILES string of the molecule is C=C(CC1CCCC(C)C1)c1cc2c(cc1O)CCC1C2CC[C@]2(C)/C(=N/OC)CCC12.